The number of halogens is 1. The van der Waals surface area contributed by atoms with E-state index in [0.717, 1.165) is 11.1 Å². The fraction of sp³-hybridized carbons (Fsp3) is 0.258. The molecule has 0 spiro atoms. The van der Waals surface area contributed by atoms with Gasteiger partial charge >= 0.3 is 6.09 Å². The summed E-state index contributed by atoms with van der Waals surface area (Å²) in [5.41, 5.74) is 3.46. The second-order valence-corrected chi connectivity index (χ2v) is 10.3. The van der Waals surface area contributed by atoms with Crippen molar-refractivity contribution in [3.8, 4) is 34.0 Å². The van der Waals surface area contributed by atoms with Crippen molar-refractivity contribution in [1.82, 2.24) is 20.6 Å². The summed E-state index contributed by atoms with van der Waals surface area (Å²) in [7, 11) is 0. The molecule has 9 heteroatoms. The van der Waals surface area contributed by atoms with Crippen LogP contribution in [0.25, 0.3) is 22.5 Å². The quantitative estimate of drug-likeness (QED) is 0.205. The normalized spacial score (nSPS) is 11.1. The van der Waals surface area contributed by atoms with Gasteiger partial charge in [-0.3, -0.25) is 9.78 Å². The molecule has 0 fully saturated rings. The van der Waals surface area contributed by atoms with Gasteiger partial charge in [0.2, 0.25) is 0 Å². The predicted molar refractivity (Wildman–Crippen MR) is 152 cm³/mol. The first-order valence-corrected chi connectivity index (χ1v) is 13.0. The summed E-state index contributed by atoms with van der Waals surface area (Å²) in [6.45, 7) is 8.10. The van der Waals surface area contributed by atoms with E-state index in [1.54, 1.807) is 69.6 Å². The fourth-order valence-corrected chi connectivity index (χ4v) is 3.89. The number of aromatic amines is 1. The Kier molecular flexibility index (Phi) is 8.83. The maximum atomic E-state index is 14.2. The molecule has 8 nitrogen and oxygen atoms in total. The molecular weight excluding hydrogens is 511 g/mol. The van der Waals surface area contributed by atoms with E-state index in [1.807, 2.05) is 25.1 Å². The van der Waals surface area contributed by atoms with Crippen molar-refractivity contribution in [2.45, 2.75) is 39.7 Å². The number of nitrogens with one attached hydrogen (secondary N) is 3. The predicted octanol–water partition coefficient (Wildman–Crippen LogP) is 6.63. The number of rotatable bonds is 9. The van der Waals surface area contributed by atoms with Gasteiger partial charge in [0.1, 0.15) is 22.9 Å². The molecule has 40 heavy (non-hydrogen) atoms. The van der Waals surface area contributed by atoms with E-state index in [4.69, 9.17) is 9.47 Å². The minimum Gasteiger partial charge on any atom is -0.457 e. The largest absolute Gasteiger partial charge is 0.457 e. The number of aryl methyl sites for hydroxylation is 1. The third kappa shape index (κ3) is 7.92. The Morgan fingerprint density at radius 3 is 2.45 bits per heavy atom. The highest BCUT2D eigenvalue weighted by Crippen LogP contribution is 2.29. The van der Waals surface area contributed by atoms with Crippen molar-refractivity contribution in [2.75, 3.05) is 13.1 Å². The maximum absolute atomic E-state index is 14.2. The van der Waals surface area contributed by atoms with Crippen LogP contribution in [0, 0.1) is 12.7 Å². The van der Waals surface area contributed by atoms with Crippen molar-refractivity contribution in [2.24, 2.45) is 0 Å². The van der Waals surface area contributed by atoms with Gasteiger partial charge in [0.05, 0.1) is 17.0 Å². The van der Waals surface area contributed by atoms with Gasteiger partial charge in [-0.25, -0.2) is 9.18 Å². The average Bonchev–Trinajstić information content (AvgIpc) is 3.40. The van der Waals surface area contributed by atoms with Gasteiger partial charge in [-0.15, -0.1) is 0 Å². The van der Waals surface area contributed by atoms with Crippen molar-refractivity contribution < 1.29 is 23.5 Å². The molecule has 0 radical (unpaired) electrons. The lowest BCUT2D eigenvalue weighted by molar-refractivity contribution is 0.0527. The summed E-state index contributed by atoms with van der Waals surface area (Å²) in [6, 6.07) is 17.5. The molecule has 3 N–H and O–H groups in total. The first-order chi connectivity index (χ1) is 19.1. The lowest BCUT2D eigenvalue weighted by Crippen LogP contribution is -2.34. The molecule has 4 rings (SSSR count). The Hall–Kier alpha value is -4.66. The van der Waals surface area contributed by atoms with E-state index in [0.29, 0.717) is 53.5 Å². The number of aromatic nitrogens is 2. The van der Waals surface area contributed by atoms with E-state index in [9.17, 15) is 14.0 Å². The number of amides is 2. The molecule has 0 aliphatic carbocycles. The molecule has 2 aromatic carbocycles. The zero-order chi connectivity index (χ0) is 28.7. The number of ether oxygens (including phenoxy) is 2. The van der Waals surface area contributed by atoms with Crippen molar-refractivity contribution in [3.05, 3.63) is 90.0 Å². The van der Waals surface area contributed by atoms with Crippen LogP contribution in [0.4, 0.5) is 9.18 Å². The van der Waals surface area contributed by atoms with Crippen molar-refractivity contribution in [1.29, 1.82) is 0 Å². The van der Waals surface area contributed by atoms with Gasteiger partial charge in [-0.2, -0.15) is 0 Å². The SMILES string of the molecule is Cc1ccc(F)c(-c2ccc(Oc3ccnc(-c4cc(C(=O)NCCCNC(=O)OC(C)(C)C)c[nH]4)c3)cc2)c1. The van der Waals surface area contributed by atoms with Crippen LogP contribution < -0.4 is 15.4 Å². The summed E-state index contributed by atoms with van der Waals surface area (Å²) in [6.07, 6.45) is 3.31. The first-order valence-electron chi connectivity index (χ1n) is 13.0. The molecule has 0 saturated heterocycles. The summed E-state index contributed by atoms with van der Waals surface area (Å²) < 4.78 is 25.4. The Labute approximate surface area is 232 Å². The van der Waals surface area contributed by atoms with Crippen molar-refractivity contribution in [3.63, 3.8) is 0 Å². The molecule has 0 saturated carbocycles. The van der Waals surface area contributed by atoms with Gasteiger partial charge in [0, 0.05) is 37.1 Å². The minimum absolute atomic E-state index is 0.239. The van der Waals surface area contributed by atoms with E-state index in [-0.39, 0.29) is 11.7 Å². The van der Waals surface area contributed by atoms with E-state index < -0.39 is 11.7 Å². The zero-order valence-corrected chi connectivity index (χ0v) is 23.0. The number of carbonyl (C=O) groups excluding carboxylic acids is 2. The van der Waals surface area contributed by atoms with E-state index >= 15 is 0 Å². The lowest BCUT2D eigenvalue weighted by Gasteiger charge is -2.19. The number of benzene rings is 2. The number of alkyl carbamates (subject to hydrolysis) is 1. The number of nitrogens with zero attached hydrogens (tertiary/aromatic N) is 1. The Balaban J connectivity index is 1.31. The van der Waals surface area contributed by atoms with Crippen LogP contribution >= 0.6 is 0 Å². The number of H-pyrrole nitrogens is 1. The molecule has 208 valence electrons. The first kappa shape index (κ1) is 28.4. The van der Waals surface area contributed by atoms with E-state index in [1.165, 1.54) is 6.07 Å². The van der Waals surface area contributed by atoms with Crippen LogP contribution in [0.2, 0.25) is 0 Å². The minimum atomic E-state index is -0.555. The molecule has 2 amide bonds. The molecule has 0 bridgehead atoms. The molecule has 2 aromatic heterocycles. The Bertz CT molecular complexity index is 1480. The zero-order valence-electron chi connectivity index (χ0n) is 23.0. The lowest BCUT2D eigenvalue weighted by atomic mass is 10.0. The molecule has 2 heterocycles. The van der Waals surface area contributed by atoms with E-state index in [2.05, 4.69) is 20.6 Å². The monoisotopic (exact) mass is 544 g/mol. The molecule has 0 aliphatic heterocycles. The maximum Gasteiger partial charge on any atom is 0.407 e. The second-order valence-electron chi connectivity index (χ2n) is 10.3. The summed E-state index contributed by atoms with van der Waals surface area (Å²) in [5.74, 6) is 0.656. The standard InChI is InChI=1S/C31H33FN4O4/c1-20-6-11-26(32)25(16-20)21-7-9-23(10-8-21)39-24-12-15-33-28(18-24)27-17-22(19-36-27)29(37)34-13-5-14-35-30(38)40-31(2,3)4/h6-12,15-19,36H,5,13-14H2,1-4H3,(H,34,37)(H,35,38). The van der Waals surface area contributed by atoms with Crippen LogP contribution in [0.1, 0.15) is 43.1 Å². The number of carbonyl (C=O) groups is 2. The van der Waals surface area contributed by atoms with Crippen LogP contribution in [0.3, 0.4) is 0 Å². The van der Waals surface area contributed by atoms with Crippen LogP contribution in [-0.4, -0.2) is 40.7 Å². The van der Waals surface area contributed by atoms with Crippen LogP contribution in [0.15, 0.2) is 73.1 Å². The van der Waals surface area contributed by atoms with Gasteiger partial charge in [-0.1, -0.05) is 23.8 Å². The average molecular weight is 545 g/mol. The number of pyridine rings is 1. The fourth-order valence-electron chi connectivity index (χ4n) is 3.89. The van der Waals surface area contributed by atoms with Crippen LogP contribution in [0.5, 0.6) is 11.5 Å². The third-order valence-corrected chi connectivity index (χ3v) is 5.78. The third-order valence-electron chi connectivity index (χ3n) is 5.78. The highest BCUT2D eigenvalue weighted by atomic mass is 19.1. The Morgan fingerprint density at radius 1 is 0.950 bits per heavy atom. The van der Waals surface area contributed by atoms with Gasteiger partial charge < -0.3 is 25.1 Å². The molecular formula is C31H33FN4O4. The molecule has 0 atom stereocenters. The van der Waals surface area contributed by atoms with Gasteiger partial charge in [0.15, 0.2) is 0 Å². The summed E-state index contributed by atoms with van der Waals surface area (Å²) in [4.78, 5) is 31.7. The Morgan fingerprint density at radius 2 is 1.70 bits per heavy atom. The summed E-state index contributed by atoms with van der Waals surface area (Å²) >= 11 is 0. The number of hydrogen-bond acceptors (Lipinski definition) is 5. The highest BCUT2D eigenvalue weighted by molar-refractivity contribution is 5.95. The van der Waals surface area contributed by atoms with Gasteiger partial charge in [-0.05, 0) is 76.1 Å². The van der Waals surface area contributed by atoms with Crippen LogP contribution in [-0.2, 0) is 4.74 Å². The topological polar surface area (TPSA) is 105 Å². The highest BCUT2D eigenvalue weighted by Gasteiger charge is 2.16. The molecule has 4 aromatic rings. The van der Waals surface area contributed by atoms with Gasteiger partial charge in [0.25, 0.3) is 5.91 Å². The smallest absolute Gasteiger partial charge is 0.407 e. The molecule has 0 unspecified atom stereocenters. The summed E-state index contributed by atoms with van der Waals surface area (Å²) in [5, 5.41) is 5.49. The van der Waals surface area contributed by atoms with Crippen molar-refractivity contribution >= 4 is 12.0 Å². The molecule has 0 aliphatic rings. The second kappa shape index (κ2) is 12.5. The number of hydrogen-bond donors (Lipinski definition) is 3.